The maximum atomic E-state index is 11.3. The minimum atomic E-state index is -1.63. The smallest absolute Gasteiger partial charge is 0.0873 e. The quantitative estimate of drug-likeness (QED) is 0.735. The zero-order valence-electron chi connectivity index (χ0n) is 14.3. The first-order valence-electron chi connectivity index (χ1n) is 8.50. The third-order valence-electron chi connectivity index (χ3n) is 5.06. The van der Waals surface area contributed by atoms with Crippen molar-refractivity contribution in [1.29, 1.82) is 0 Å². The number of aliphatic hydroxyl groups is 1. The summed E-state index contributed by atoms with van der Waals surface area (Å²) in [5.41, 5.74) is 2.83. The summed E-state index contributed by atoms with van der Waals surface area (Å²) in [6.45, 7) is 6.88. The molecule has 120 valence electrons. The Bertz CT molecular complexity index is 638. The van der Waals surface area contributed by atoms with E-state index >= 15 is 0 Å². The summed E-state index contributed by atoms with van der Waals surface area (Å²) in [5.74, 6) is 0. The van der Waals surface area contributed by atoms with Crippen molar-refractivity contribution in [2.45, 2.75) is 44.5 Å². The molecule has 1 aliphatic heterocycles. The van der Waals surface area contributed by atoms with E-state index in [2.05, 4.69) is 67.7 Å². The van der Waals surface area contributed by atoms with E-state index < -0.39 is 13.7 Å². The molecule has 0 fully saturated rings. The molecule has 0 spiro atoms. The van der Waals surface area contributed by atoms with E-state index in [4.69, 9.17) is 0 Å². The van der Waals surface area contributed by atoms with Crippen molar-refractivity contribution in [1.82, 2.24) is 0 Å². The fourth-order valence-electron chi connectivity index (χ4n) is 3.93. The van der Waals surface area contributed by atoms with Crippen LogP contribution >= 0.6 is 0 Å². The van der Waals surface area contributed by atoms with E-state index in [0.717, 1.165) is 18.4 Å². The highest BCUT2D eigenvalue weighted by atomic mass is 28.3. The lowest BCUT2D eigenvalue weighted by Gasteiger charge is -2.32. The van der Waals surface area contributed by atoms with E-state index in [9.17, 15) is 5.11 Å². The molecule has 1 N–H and O–H groups in total. The minimum Gasteiger partial charge on any atom is -0.385 e. The van der Waals surface area contributed by atoms with Gasteiger partial charge >= 0.3 is 0 Å². The summed E-state index contributed by atoms with van der Waals surface area (Å²) in [7, 11) is -1.63. The van der Waals surface area contributed by atoms with Crippen LogP contribution in [0.25, 0.3) is 10.8 Å². The highest BCUT2D eigenvalue weighted by molar-refractivity contribution is 6.96. The number of hydrogen-bond acceptors (Lipinski definition) is 1. The Morgan fingerprint density at radius 1 is 0.870 bits per heavy atom. The van der Waals surface area contributed by atoms with Crippen LogP contribution in [-0.2, 0) is 0 Å². The Morgan fingerprint density at radius 2 is 1.39 bits per heavy atom. The van der Waals surface area contributed by atoms with Gasteiger partial charge in [0, 0.05) is 0 Å². The lowest BCUT2D eigenvalue weighted by atomic mass is 9.85. The molecule has 0 aliphatic carbocycles. The van der Waals surface area contributed by atoms with Crippen molar-refractivity contribution in [2.75, 3.05) is 0 Å². The van der Waals surface area contributed by atoms with Crippen LogP contribution in [0.5, 0.6) is 0 Å². The summed E-state index contributed by atoms with van der Waals surface area (Å²) >= 11 is 0. The van der Waals surface area contributed by atoms with Gasteiger partial charge in [0.2, 0.25) is 0 Å². The Labute approximate surface area is 140 Å². The summed E-state index contributed by atoms with van der Waals surface area (Å²) in [4.78, 5) is 0. The van der Waals surface area contributed by atoms with Gasteiger partial charge in [0.15, 0.2) is 0 Å². The van der Waals surface area contributed by atoms with Crippen LogP contribution in [0.1, 0.15) is 30.9 Å². The number of rotatable bonds is 2. The second-order valence-electron chi connectivity index (χ2n) is 7.49. The molecule has 1 aliphatic rings. The van der Waals surface area contributed by atoms with E-state index in [1.165, 1.54) is 22.4 Å². The molecule has 3 rings (SSSR count). The molecule has 1 atom stereocenters. The fraction of sp³-hybridized carbons (Fsp3) is 0.333. The van der Waals surface area contributed by atoms with Crippen molar-refractivity contribution in [3.63, 3.8) is 0 Å². The fourth-order valence-corrected chi connectivity index (χ4v) is 7.28. The number of benzene rings is 2. The lowest BCUT2D eigenvalue weighted by Crippen LogP contribution is -2.31. The molecule has 2 aromatic carbocycles. The highest BCUT2D eigenvalue weighted by Gasteiger charge is 2.40. The third-order valence-corrected chi connectivity index (χ3v) is 8.55. The Morgan fingerprint density at radius 3 is 1.96 bits per heavy atom. The van der Waals surface area contributed by atoms with Crippen molar-refractivity contribution in [3.05, 3.63) is 71.8 Å². The van der Waals surface area contributed by atoms with Crippen molar-refractivity contribution in [2.24, 2.45) is 0 Å². The molecule has 0 aromatic heterocycles. The summed E-state index contributed by atoms with van der Waals surface area (Å²) in [6.07, 6.45) is 1.93. The predicted octanol–water partition coefficient (Wildman–Crippen LogP) is 5.39. The van der Waals surface area contributed by atoms with E-state index in [1.54, 1.807) is 0 Å². The molecule has 0 saturated carbocycles. The van der Waals surface area contributed by atoms with Crippen LogP contribution in [0.3, 0.4) is 0 Å². The molecule has 2 aromatic rings. The van der Waals surface area contributed by atoms with Gasteiger partial charge in [-0.2, -0.15) is 0 Å². The largest absolute Gasteiger partial charge is 0.385 e. The lowest BCUT2D eigenvalue weighted by molar-refractivity contribution is 0.113. The first-order valence-corrected chi connectivity index (χ1v) is 11.7. The zero-order valence-corrected chi connectivity index (χ0v) is 15.3. The van der Waals surface area contributed by atoms with Gasteiger partial charge in [-0.15, -0.1) is 0 Å². The molecule has 0 radical (unpaired) electrons. The molecular weight excluding hydrogens is 296 g/mol. The van der Waals surface area contributed by atoms with Crippen LogP contribution < -0.4 is 0 Å². The molecule has 1 unspecified atom stereocenters. The van der Waals surface area contributed by atoms with Crippen LogP contribution in [0.15, 0.2) is 60.7 Å². The molecule has 0 amide bonds. The molecule has 23 heavy (non-hydrogen) atoms. The Hall–Kier alpha value is -1.64. The average molecular weight is 323 g/mol. The average Bonchev–Trinajstić information content (AvgIpc) is 2.62. The van der Waals surface area contributed by atoms with Crippen LogP contribution in [-0.4, -0.2) is 18.8 Å². The van der Waals surface area contributed by atoms with Crippen molar-refractivity contribution < 1.29 is 5.11 Å². The molecule has 0 bridgehead atoms. The Kier molecular flexibility index (Phi) is 4.30. The van der Waals surface area contributed by atoms with Gasteiger partial charge in [0.1, 0.15) is 0 Å². The van der Waals surface area contributed by atoms with Gasteiger partial charge in [0.25, 0.3) is 0 Å². The van der Waals surface area contributed by atoms with Gasteiger partial charge in [0.05, 0.1) is 13.7 Å². The minimum absolute atomic E-state index is 0.771. The van der Waals surface area contributed by atoms with Gasteiger partial charge in [-0.05, 0) is 35.2 Å². The Balaban J connectivity index is 2.35. The number of hydrogen-bond donors (Lipinski definition) is 1. The standard InChI is InChI=1S/C21H26OSi/c1-21(22)15-10-16-23(2,3)20(18-13-8-5-9-14-18)19(21)17-11-6-4-7-12-17/h4-9,11-14,22H,10,15-16H2,1-3H3. The summed E-state index contributed by atoms with van der Waals surface area (Å²) in [5, 5.41) is 12.7. The molecular formula is C21H26OSi. The molecule has 1 heterocycles. The summed E-state index contributed by atoms with van der Waals surface area (Å²) in [6, 6.07) is 22.4. The second-order valence-corrected chi connectivity index (χ2v) is 12.3. The second kappa shape index (κ2) is 6.10. The van der Waals surface area contributed by atoms with E-state index in [0.29, 0.717) is 0 Å². The molecule has 1 nitrogen and oxygen atoms in total. The first-order chi connectivity index (χ1) is 10.9. The zero-order chi connectivity index (χ0) is 16.5. The first kappa shape index (κ1) is 16.2. The van der Waals surface area contributed by atoms with Gasteiger partial charge in [-0.25, -0.2) is 0 Å². The third kappa shape index (κ3) is 3.19. The van der Waals surface area contributed by atoms with Crippen LogP contribution in [0.4, 0.5) is 0 Å². The van der Waals surface area contributed by atoms with Gasteiger partial charge in [-0.3, -0.25) is 0 Å². The maximum Gasteiger partial charge on any atom is 0.0873 e. The maximum absolute atomic E-state index is 11.3. The normalized spacial score (nSPS) is 24.3. The van der Waals surface area contributed by atoms with Crippen LogP contribution in [0, 0.1) is 0 Å². The van der Waals surface area contributed by atoms with E-state index in [1.807, 2.05) is 13.0 Å². The van der Waals surface area contributed by atoms with Gasteiger partial charge < -0.3 is 5.11 Å². The predicted molar refractivity (Wildman–Crippen MR) is 102 cm³/mol. The summed E-state index contributed by atoms with van der Waals surface area (Å²) < 4.78 is 0. The van der Waals surface area contributed by atoms with Gasteiger partial charge in [-0.1, -0.05) is 86.2 Å². The monoisotopic (exact) mass is 322 g/mol. The topological polar surface area (TPSA) is 20.2 Å². The SMILES string of the molecule is CC1(O)CCC[Si](C)(C)C(c2ccccc2)=C1c1ccccc1. The van der Waals surface area contributed by atoms with Crippen molar-refractivity contribution >= 4 is 18.8 Å². The highest BCUT2D eigenvalue weighted by Crippen LogP contribution is 2.46. The van der Waals surface area contributed by atoms with Crippen LogP contribution in [0.2, 0.25) is 19.1 Å². The van der Waals surface area contributed by atoms with E-state index in [-0.39, 0.29) is 0 Å². The molecule has 0 saturated heterocycles. The van der Waals surface area contributed by atoms with Crippen molar-refractivity contribution in [3.8, 4) is 0 Å². The molecule has 2 heteroatoms.